The highest BCUT2D eigenvalue weighted by atomic mass is 35.5. The fourth-order valence-electron chi connectivity index (χ4n) is 3.90. The number of rotatable bonds is 11. The molecule has 0 aromatic heterocycles. The van der Waals surface area contributed by atoms with E-state index >= 15 is 0 Å². The first-order valence-corrected chi connectivity index (χ1v) is 13.5. The molecule has 0 unspecified atom stereocenters. The maximum Gasteiger partial charge on any atom is 0.251 e. The maximum atomic E-state index is 13.8. The van der Waals surface area contributed by atoms with Crippen LogP contribution < -0.4 is 5.32 Å². The number of aliphatic hydroxyl groups is 2. The highest BCUT2D eigenvalue weighted by molar-refractivity contribution is 7.89. The summed E-state index contributed by atoms with van der Waals surface area (Å²) in [6.45, 7) is 3.12. The summed E-state index contributed by atoms with van der Waals surface area (Å²) in [5.41, 5.74) is 1.91. The van der Waals surface area contributed by atoms with E-state index in [0.29, 0.717) is 22.6 Å². The van der Waals surface area contributed by atoms with Crippen LogP contribution in [0.5, 0.6) is 0 Å². The molecule has 0 spiro atoms. The van der Waals surface area contributed by atoms with E-state index in [1.165, 1.54) is 23.4 Å². The van der Waals surface area contributed by atoms with Crippen LogP contribution in [0.25, 0.3) is 0 Å². The van der Waals surface area contributed by atoms with Gasteiger partial charge in [0.15, 0.2) is 0 Å². The van der Waals surface area contributed by atoms with Gasteiger partial charge in [0.25, 0.3) is 5.91 Å². The number of carbonyl (C=O) groups is 1. The second-order valence-corrected chi connectivity index (χ2v) is 10.9. The predicted molar refractivity (Wildman–Crippen MR) is 140 cm³/mol. The summed E-state index contributed by atoms with van der Waals surface area (Å²) in [7, 11) is -3.89. The van der Waals surface area contributed by atoms with Gasteiger partial charge in [-0.15, -0.1) is 0 Å². The first-order valence-electron chi connectivity index (χ1n) is 11.7. The molecule has 3 aromatic carbocycles. The minimum atomic E-state index is -3.89. The Morgan fingerprint density at radius 2 is 1.61 bits per heavy atom. The Hall–Kier alpha value is -2.75. The first-order chi connectivity index (χ1) is 17.2. The van der Waals surface area contributed by atoms with Crippen molar-refractivity contribution in [3.05, 3.63) is 101 Å². The SMILES string of the molecule is CC[C@@H](c1ccccc1)N(Cc1ccc(C(=O)N[C@@H](CO)[C@H](C)O)cc1)S(=O)(=O)c1ccc(Cl)cc1. The van der Waals surface area contributed by atoms with Gasteiger partial charge in [0.2, 0.25) is 10.0 Å². The molecule has 3 rings (SSSR count). The highest BCUT2D eigenvalue weighted by Crippen LogP contribution is 2.32. The minimum absolute atomic E-state index is 0.0905. The van der Waals surface area contributed by atoms with Crippen molar-refractivity contribution in [1.82, 2.24) is 9.62 Å². The van der Waals surface area contributed by atoms with Crippen LogP contribution in [-0.4, -0.2) is 47.6 Å². The Morgan fingerprint density at radius 1 is 1.00 bits per heavy atom. The van der Waals surface area contributed by atoms with Gasteiger partial charge in [-0.2, -0.15) is 4.31 Å². The quantitative estimate of drug-likeness (QED) is 0.345. The van der Waals surface area contributed by atoms with E-state index in [4.69, 9.17) is 11.6 Å². The molecule has 0 aliphatic carbocycles. The van der Waals surface area contributed by atoms with E-state index in [1.807, 2.05) is 37.3 Å². The highest BCUT2D eigenvalue weighted by Gasteiger charge is 2.32. The summed E-state index contributed by atoms with van der Waals surface area (Å²) in [4.78, 5) is 12.7. The Morgan fingerprint density at radius 3 is 2.14 bits per heavy atom. The molecule has 0 bridgehead atoms. The molecule has 0 fully saturated rings. The van der Waals surface area contributed by atoms with Crippen LogP contribution in [0, 0.1) is 0 Å². The summed E-state index contributed by atoms with van der Waals surface area (Å²) >= 11 is 5.99. The van der Waals surface area contributed by atoms with Gasteiger partial charge in [0.05, 0.1) is 29.7 Å². The lowest BCUT2D eigenvalue weighted by Gasteiger charge is -2.31. The summed E-state index contributed by atoms with van der Waals surface area (Å²) in [5.74, 6) is -0.442. The van der Waals surface area contributed by atoms with Crippen molar-refractivity contribution >= 4 is 27.5 Å². The molecule has 1 amide bonds. The third-order valence-electron chi connectivity index (χ3n) is 5.99. The molecule has 0 saturated heterocycles. The lowest BCUT2D eigenvalue weighted by Crippen LogP contribution is -2.44. The first kappa shape index (κ1) is 27.8. The molecular formula is C27H31ClN2O5S. The molecule has 3 N–H and O–H groups in total. The molecule has 9 heteroatoms. The van der Waals surface area contributed by atoms with Gasteiger partial charge < -0.3 is 15.5 Å². The Labute approximate surface area is 217 Å². The molecule has 7 nitrogen and oxygen atoms in total. The van der Waals surface area contributed by atoms with Gasteiger partial charge in [-0.3, -0.25) is 4.79 Å². The molecule has 192 valence electrons. The van der Waals surface area contributed by atoms with E-state index in [1.54, 1.807) is 36.4 Å². The largest absolute Gasteiger partial charge is 0.394 e. The fourth-order valence-corrected chi connectivity index (χ4v) is 5.70. The molecule has 0 aliphatic heterocycles. The lowest BCUT2D eigenvalue weighted by molar-refractivity contribution is 0.0758. The van der Waals surface area contributed by atoms with Crippen molar-refractivity contribution in [1.29, 1.82) is 0 Å². The second-order valence-electron chi connectivity index (χ2n) is 8.54. The monoisotopic (exact) mass is 530 g/mol. The van der Waals surface area contributed by atoms with E-state index < -0.39 is 40.7 Å². The number of aliphatic hydroxyl groups excluding tert-OH is 2. The normalized spacial score (nSPS) is 14.3. The van der Waals surface area contributed by atoms with Gasteiger partial charge in [0, 0.05) is 17.1 Å². The lowest BCUT2D eigenvalue weighted by atomic mass is 10.0. The summed E-state index contributed by atoms with van der Waals surface area (Å²) < 4.78 is 29.0. The number of halogens is 1. The molecule has 0 aliphatic rings. The maximum absolute atomic E-state index is 13.8. The van der Waals surface area contributed by atoms with Gasteiger partial charge in [-0.05, 0) is 60.9 Å². The number of nitrogens with zero attached hydrogens (tertiary/aromatic N) is 1. The van der Waals surface area contributed by atoms with Crippen molar-refractivity contribution < 1.29 is 23.4 Å². The predicted octanol–water partition coefficient (Wildman–Crippen LogP) is 4.15. The van der Waals surface area contributed by atoms with Crippen molar-refractivity contribution in [2.45, 2.75) is 49.9 Å². The number of amides is 1. The van der Waals surface area contributed by atoms with Gasteiger partial charge >= 0.3 is 0 Å². The molecule has 3 aromatic rings. The number of sulfonamides is 1. The molecule has 0 heterocycles. The average Bonchev–Trinajstić information content (AvgIpc) is 2.88. The van der Waals surface area contributed by atoms with Crippen LogP contribution in [0.1, 0.15) is 47.8 Å². The zero-order valence-corrected chi connectivity index (χ0v) is 21.8. The molecular weight excluding hydrogens is 500 g/mol. The number of carbonyl (C=O) groups excluding carboxylic acids is 1. The molecule has 0 saturated carbocycles. The molecule has 0 radical (unpaired) electrons. The van der Waals surface area contributed by atoms with E-state index in [9.17, 15) is 23.4 Å². The molecule has 36 heavy (non-hydrogen) atoms. The standard InChI is InChI=1S/C27H31ClN2O5S/c1-3-26(21-7-5-4-6-8-21)30(36(34,35)24-15-13-23(28)14-16-24)17-20-9-11-22(12-10-20)27(33)29-25(18-31)19(2)32/h4-16,19,25-26,31-32H,3,17-18H2,1-2H3,(H,29,33)/t19-,25-,26-/m0/s1. The van der Waals surface area contributed by atoms with Crippen LogP contribution in [0.2, 0.25) is 5.02 Å². The van der Waals surface area contributed by atoms with Crippen LogP contribution in [-0.2, 0) is 16.6 Å². The van der Waals surface area contributed by atoms with Crippen LogP contribution in [0.4, 0.5) is 0 Å². The topological polar surface area (TPSA) is 107 Å². The van der Waals surface area contributed by atoms with Gasteiger partial charge in [-0.1, -0.05) is 61.0 Å². The minimum Gasteiger partial charge on any atom is -0.394 e. The van der Waals surface area contributed by atoms with E-state index in [-0.39, 0.29) is 11.4 Å². The van der Waals surface area contributed by atoms with Crippen LogP contribution >= 0.6 is 11.6 Å². The summed E-state index contributed by atoms with van der Waals surface area (Å²) in [5, 5.41) is 22.0. The zero-order chi connectivity index (χ0) is 26.3. The van der Waals surface area contributed by atoms with Crippen LogP contribution in [0.15, 0.2) is 83.8 Å². The Balaban J connectivity index is 1.93. The second kappa shape index (κ2) is 12.5. The van der Waals surface area contributed by atoms with E-state index in [0.717, 1.165) is 5.56 Å². The van der Waals surface area contributed by atoms with Crippen molar-refractivity contribution in [2.75, 3.05) is 6.61 Å². The number of hydrogen-bond donors (Lipinski definition) is 3. The van der Waals surface area contributed by atoms with Gasteiger partial charge in [0.1, 0.15) is 0 Å². The van der Waals surface area contributed by atoms with E-state index in [2.05, 4.69) is 5.32 Å². The Kier molecular flexibility index (Phi) is 9.64. The molecule has 3 atom stereocenters. The number of hydrogen-bond acceptors (Lipinski definition) is 5. The van der Waals surface area contributed by atoms with Crippen molar-refractivity contribution in [3.8, 4) is 0 Å². The average molecular weight is 531 g/mol. The van der Waals surface area contributed by atoms with Crippen molar-refractivity contribution in [3.63, 3.8) is 0 Å². The Bertz CT molecular complexity index is 1230. The number of nitrogens with one attached hydrogen (secondary N) is 1. The van der Waals surface area contributed by atoms with Crippen LogP contribution in [0.3, 0.4) is 0 Å². The third kappa shape index (κ3) is 6.72. The smallest absolute Gasteiger partial charge is 0.251 e. The van der Waals surface area contributed by atoms with Crippen molar-refractivity contribution in [2.24, 2.45) is 0 Å². The fraction of sp³-hybridized carbons (Fsp3) is 0.296. The van der Waals surface area contributed by atoms with Gasteiger partial charge in [-0.25, -0.2) is 8.42 Å². The number of benzene rings is 3. The zero-order valence-electron chi connectivity index (χ0n) is 20.2. The third-order valence-corrected chi connectivity index (χ3v) is 8.11. The summed E-state index contributed by atoms with van der Waals surface area (Å²) in [6.07, 6.45) is -0.354. The summed E-state index contributed by atoms with van der Waals surface area (Å²) in [6, 6.07) is 21.0.